The number of hydrogen-bond donors (Lipinski definition) is 2. The monoisotopic (exact) mass is 283 g/mol. The van der Waals surface area contributed by atoms with E-state index in [9.17, 15) is 0 Å². The van der Waals surface area contributed by atoms with Crippen LogP contribution in [-0.4, -0.2) is 21.1 Å². The first-order valence-corrected chi connectivity index (χ1v) is 6.86. The fourth-order valence-corrected chi connectivity index (χ4v) is 2.33. The molecule has 0 bridgehead atoms. The number of benzene rings is 1. The zero-order valence-corrected chi connectivity index (χ0v) is 11.6. The number of aliphatic hydroxyl groups is 1. The first kappa shape index (κ1) is 13.6. The normalized spacial score (nSPS) is 11.0. The summed E-state index contributed by atoms with van der Waals surface area (Å²) in [6.07, 6.45) is 2.46. The third kappa shape index (κ3) is 2.61. The van der Waals surface area contributed by atoms with E-state index in [1.165, 1.54) is 0 Å². The molecule has 0 saturated carbocycles. The lowest BCUT2D eigenvalue weighted by Gasteiger charge is -2.09. The van der Waals surface area contributed by atoms with Crippen LogP contribution >= 0.6 is 0 Å². The Morgan fingerprint density at radius 1 is 1.14 bits per heavy atom. The van der Waals surface area contributed by atoms with Crippen molar-refractivity contribution in [1.29, 1.82) is 0 Å². The summed E-state index contributed by atoms with van der Waals surface area (Å²) in [4.78, 5) is 4.48. The van der Waals surface area contributed by atoms with Crippen molar-refractivity contribution in [2.75, 3.05) is 6.61 Å². The van der Waals surface area contributed by atoms with E-state index >= 15 is 0 Å². The molecule has 0 saturated heterocycles. The van der Waals surface area contributed by atoms with Crippen LogP contribution in [0.2, 0.25) is 0 Å². The maximum absolute atomic E-state index is 9.13. The average Bonchev–Trinajstić information content (AvgIpc) is 2.86. The van der Waals surface area contributed by atoms with E-state index in [0.29, 0.717) is 24.6 Å². The Morgan fingerprint density at radius 2 is 1.95 bits per heavy atom. The number of rotatable bonds is 5. The number of para-hydroxylation sites is 1. The molecular formula is C16H17N3O2. The molecule has 2 aromatic heterocycles. The SMILES string of the molecule is NCc1c(Oc2ccccc2CCO)nc2ccccn12. The predicted molar refractivity (Wildman–Crippen MR) is 80.4 cm³/mol. The molecule has 3 N–H and O–H groups in total. The van der Waals surface area contributed by atoms with E-state index in [0.717, 1.165) is 16.9 Å². The van der Waals surface area contributed by atoms with Crippen LogP contribution in [-0.2, 0) is 13.0 Å². The Hall–Kier alpha value is -2.37. The number of imidazole rings is 1. The van der Waals surface area contributed by atoms with Crippen LogP contribution in [0.3, 0.4) is 0 Å². The molecule has 0 aliphatic rings. The van der Waals surface area contributed by atoms with Crippen LogP contribution in [0.1, 0.15) is 11.3 Å². The van der Waals surface area contributed by atoms with Crippen LogP contribution in [0.5, 0.6) is 11.6 Å². The van der Waals surface area contributed by atoms with Gasteiger partial charge in [-0.3, -0.25) is 4.40 Å². The van der Waals surface area contributed by atoms with Gasteiger partial charge in [0, 0.05) is 19.3 Å². The molecule has 2 heterocycles. The Balaban J connectivity index is 2.02. The second-order valence-corrected chi connectivity index (χ2v) is 4.68. The summed E-state index contributed by atoms with van der Waals surface area (Å²) >= 11 is 0. The summed E-state index contributed by atoms with van der Waals surface area (Å²) in [5.74, 6) is 1.21. The third-order valence-corrected chi connectivity index (χ3v) is 3.35. The van der Waals surface area contributed by atoms with Gasteiger partial charge in [0.05, 0.1) is 0 Å². The maximum Gasteiger partial charge on any atom is 0.242 e. The van der Waals surface area contributed by atoms with Gasteiger partial charge in [0.1, 0.15) is 17.1 Å². The molecule has 0 fully saturated rings. The minimum absolute atomic E-state index is 0.0787. The summed E-state index contributed by atoms with van der Waals surface area (Å²) in [7, 11) is 0. The summed E-state index contributed by atoms with van der Waals surface area (Å²) in [6, 6.07) is 13.4. The smallest absolute Gasteiger partial charge is 0.242 e. The van der Waals surface area contributed by atoms with Gasteiger partial charge in [-0.05, 0) is 30.2 Å². The number of aromatic nitrogens is 2. The first-order chi connectivity index (χ1) is 10.3. The summed E-state index contributed by atoms with van der Waals surface area (Å²) in [6.45, 7) is 0.415. The van der Waals surface area contributed by atoms with Crippen LogP contribution in [0.25, 0.3) is 5.65 Å². The standard InChI is InChI=1S/C16H17N3O2/c17-11-13-16(18-15-7-3-4-9-19(13)15)21-14-6-2-1-5-12(14)8-10-20/h1-7,9,20H,8,10-11,17H2. The van der Waals surface area contributed by atoms with Gasteiger partial charge in [-0.1, -0.05) is 24.3 Å². The molecule has 3 aromatic rings. The molecule has 0 amide bonds. The zero-order chi connectivity index (χ0) is 14.7. The Bertz CT molecular complexity index is 752. The van der Waals surface area contributed by atoms with Crippen molar-refractivity contribution in [3.63, 3.8) is 0 Å². The van der Waals surface area contributed by atoms with Gasteiger partial charge >= 0.3 is 0 Å². The highest BCUT2D eigenvalue weighted by molar-refractivity contribution is 5.47. The highest BCUT2D eigenvalue weighted by atomic mass is 16.5. The number of hydrogen-bond acceptors (Lipinski definition) is 4. The molecule has 5 nitrogen and oxygen atoms in total. The number of nitrogens with zero attached hydrogens (tertiary/aromatic N) is 2. The van der Waals surface area contributed by atoms with E-state index in [1.807, 2.05) is 53.1 Å². The Kier molecular flexibility index (Phi) is 3.85. The second-order valence-electron chi connectivity index (χ2n) is 4.68. The number of pyridine rings is 1. The van der Waals surface area contributed by atoms with E-state index < -0.39 is 0 Å². The molecule has 0 aliphatic heterocycles. The van der Waals surface area contributed by atoms with Crippen LogP contribution in [0.15, 0.2) is 48.7 Å². The van der Waals surface area contributed by atoms with Crippen molar-refractivity contribution >= 4 is 5.65 Å². The van der Waals surface area contributed by atoms with Crippen LogP contribution < -0.4 is 10.5 Å². The fraction of sp³-hybridized carbons (Fsp3) is 0.188. The largest absolute Gasteiger partial charge is 0.437 e. The molecule has 0 atom stereocenters. The van der Waals surface area contributed by atoms with Gasteiger partial charge < -0.3 is 15.6 Å². The van der Waals surface area contributed by atoms with Gasteiger partial charge in [-0.15, -0.1) is 0 Å². The van der Waals surface area contributed by atoms with Crippen molar-refractivity contribution in [2.24, 2.45) is 5.73 Å². The van der Waals surface area contributed by atoms with Gasteiger partial charge in [-0.25, -0.2) is 0 Å². The minimum Gasteiger partial charge on any atom is -0.437 e. The van der Waals surface area contributed by atoms with Crippen LogP contribution in [0, 0.1) is 0 Å². The molecular weight excluding hydrogens is 266 g/mol. The molecule has 0 spiro atoms. The van der Waals surface area contributed by atoms with Crippen LogP contribution in [0.4, 0.5) is 0 Å². The molecule has 1 aromatic carbocycles. The summed E-state index contributed by atoms with van der Waals surface area (Å²) in [5.41, 5.74) is 8.40. The van der Waals surface area contributed by atoms with E-state index in [4.69, 9.17) is 15.6 Å². The number of fused-ring (bicyclic) bond motifs is 1. The maximum atomic E-state index is 9.13. The Labute approximate surface area is 122 Å². The van der Waals surface area contributed by atoms with Crippen molar-refractivity contribution in [2.45, 2.75) is 13.0 Å². The van der Waals surface area contributed by atoms with Gasteiger partial charge in [-0.2, -0.15) is 4.98 Å². The van der Waals surface area contributed by atoms with Crippen molar-refractivity contribution in [3.05, 3.63) is 59.9 Å². The van der Waals surface area contributed by atoms with E-state index in [-0.39, 0.29) is 6.61 Å². The number of ether oxygens (including phenoxy) is 1. The second kappa shape index (κ2) is 5.95. The third-order valence-electron chi connectivity index (χ3n) is 3.35. The lowest BCUT2D eigenvalue weighted by molar-refractivity contribution is 0.297. The summed E-state index contributed by atoms with van der Waals surface area (Å²) in [5, 5.41) is 9.13. The average molecular weight is 283 g/mol. The molecule has 0 radical (unpaired) electrons. The topological polar surface area (TPSA) is 72.8 Å². The molecule has 21 heavy (non-hydrogen) atoms. The van der Waals surface area contributed by atoms with Crippen molar-refractivity contribution in [3.8, 4) is 11.6 Å². The Morgan fingerprint density at radius 3 is 2.76 bits per heavy atom. The van der Waals surface area contributed by atoms with Gasteiger partial charge in [0.25, 0.3) is 0 Å². The molecule has 0 unspecified atom stereocenters. The van der Waals surface area contributed by atoms with Gasteiger partial charge in [0.15, 0.2) is 0 Å². The number of aliphatic hydroxyl groups excluding tert-OH is 1. The van der Waals surface area contributed by atoms with E-state index in [1.54, 1.807) is 0 Å². The molecule has 5 heteroatoms. The van der Waals surface area contributed by atoms with Gasteiger partial charge in [0.2, 0.25) is 5.88 Å². The molecule has 0 aliphatic carbocycles. The number of nitrogens with two attached hydrogens (primary N) is 1. The molecule has 3 rings (SSSR count). The molecule has 108 valence electrons. The first-order valence-electron chi connectivity index (χ1n) is 6.86. The lowest BCUT2D eigenvalue weighted by atomic mass is 10.1. The summed E-state index contributed by atoms with van der Waals surface area (Å²) < 4.78 is 7.87. The zero-order valence-electron chi connectivity index (χ0n) is 11.6. The lowest BCUT2D eigenvalue weighted by Crippen LogP contribution is -2.03. The van der Waals surface area contributed by atoms with Crippen molar-refractivity contribution in [1.82, 2.24) is 9.38 Å². The quantitative estimate of drug-likeness (QED) is 0.752. The fourth-order valence-electron chi connectivity index (χ4n) is 2.33. The minimum atomic E-state index is 0.0787. The predicted octanol–water partition coefficient (Wildman–Crippen LogP) is 2.12. The van der Waals surface area contributed by atoms with Crippen molar-refractivity contribution < 1.29 is 9.84 Å². The highest BCUT2D eigenvalue weighted by Gasteiger charge is 2.14. The highest BCUT2D eigenvalue weighted by Crippen LogP contribution is 2.28. The van der Waals surface area contributed by atoms with E-state index in [2.05, 4.69) is 4.98 Å².